The zero-order chi connectivity index (χ0) is 16.8. The van der Waals surface area contributed by atoms with Crippen molar-refractivity contribution >= 4 is 0 Å². The van der Waals surface area contributed by atoms with Crippen LogP contribution in [0.5, 0.6) is 0 Å². The molecule has 5 unspecified atom stereocenters. The fourth-order valence-electron chi connectivity index (χ4n) is 4.86. The maximum atomic E-state index is 10.7. The van der Waals surface area contributed by atoms with E-state index in [-0.39, 0.29) is 11.3 Å². The van der Waals surface area contributed by atoms with Gasteiger partial charge in [-0.3, -0.25) is 0 Å². The van der Waals surface area contributed by atoms with Gasteiger partial charge >= 0.3 is 0 Å². The average Bonchev–Trinajstić information content (AvgIpc) is 2.21. The minimum absolute atomic E-state index is 0.0243. The molecule has 2 rings (SSSR count). The Balaban J connectivity index is 2.09. The predicted molar refractivity (Wildman–Crippen MR) is 86.3 cm³/mol. The third-order valence-electron chi connectivity index (χ3n) is 5.13. The Labute approximate surface area is 134 Å². The van der Waals surface area contributed by atoms with Gasteiger partial charge in [0.05, 0.1) is 16.8 Å². The molecule has 2 saturated carbocycles. The molecule has 0 aliphatic heterocycles. The predicted octanol–water partition coefficient (Wildman–Crippen LogP) is 2.98. The Kier molecular flexibility index (Phi) is 4.73. The lowest BCUT2D eigenvalue weighted by molar-refractivity contribution is -0.275. The molecule has 5 atom stereocenters. The van der Waals surface area contributed by atoms with Crippen molar-refractivity contribution in [1.82, 2.24) is 0 Å². The number of aliphatic hydroxyl groups excluding tert-OH is 1. The molecule has 0 heterocycles. The van der Waals surface area contributed by atoms with Gasteiger partial charge in [0.15, 0.2) is 6.29 Å². The number of hydrogen-bond donors (Lipinski definition) is 3. The fraction of sp³-hybridized carbons (Fsp3) is 1.00. The Morgan fingerprint density at radius 1 is 1.09 bits per heavy atom. The van der Waals surface area contributed by atoms with Crippen molar-refractivity contribution in [1.29, 1.82) is 0 Å². The molecule has 3 N–H and O–H groups in total. The summed E-state index contributed by atoms with van der Waals surface area (Å²) in [4.78, 5) is 0. The van der Waals surface area contributed by atoms with Crippen LogP contribution in [0.25, 0.3) is 0 Å². The van der Waals surface area contributed by atoms with Gasteiger partial charge in [-0.2, -0.15) is 0 Å². The van der Waals surface area contributed by atoms with Crippen LogP contribution in [-0.4, -0.2) is 38.4 Å². The van der Waals surface area contributed by atoms with E-state index in [0.29, 0.717) is 25.7 Å². The van der Waals surface area contributed by atoms with Crippen LogP contribution < -0.4 is 0 Å². The van der Waals surface area contributed by atoms with Crippen LogP contribution in [0.4, 0.5) is 0 Å². The molecule has 2 bridgehead atoms. The van der Waals surface area contributed by atoms with Crippen LogP contribution in [-0.2, 0) is 4.74 Å². The minimum atomic E-state index is -0.930. The molecule has 0 aromatic heterocycles. The maximum absolute atomic E-state index is 10.7. The van der Waals surface area contributed by atoms with Gasteiger partial charge in [-0.05, 0) is 38.0 Å². The molecule has 2 fully saturated rings. The summed E-state index contributed by atoms with van der Waals surface area (Å²) in [5.41, 5.74) is -2.25. The van der Waals surface area contributed by atoms with Gasteiger partial charge in [0, 0.05) is 25.2 Å². The molecule has 0 aromatic carbocycles. The lowest BCUT2D eigenvalue weighted by Crippen LogP contribution is -2.60. The van der Waals surface area contributed by atoms with E-state index in [1.54, 1.807) is 6.92 Å². The first-order valence-corrected chi connectivity index (χ1v) is 8.65. The van der Waals surface area contributed by atoms with Gasteiger partial charge in [-0.25, -0.2) is 0 Å². The monoisotopic (exact) mass is 314 g/mol. The topological polar surface area (TPSA) is 69.9 Å². The SMILES string of the molecule is CC(CC(C)(C)C)C(O)OC12CCCC(O)(CC(C)(O)C1)C2. The van der Waals surface area contributed by atoms with Crippen LogP contribution in [0.1, 0.15) is 79.6 Å². The van der Waals surface area contributed by atoms with Crippen molar-refractivity contribution in [2.24, 2.45) is 11.3 Å². The Morgan fingerprint density at radius 3 is 2.32 bits per heavy atom. The quantitative estimate of drug-likeness (QED) is 0.698. The van der Waals surface area contributed by atoms with E-state index < -0.39 is 23.1 Å². The van der Waals surface area contributed by atoms with Gasteiger partial charge < -0.3 is 20.1 Å². The molecule has 0 spiro atoms. The van der Waals surface area contributed by atoms with Crippen molar-refractivity contribution in [2.75, 3.05) is 0 Å². The smallest absolute Gasteiger partial charge is 0.157 e. The third kappa shape index (κ3) is 4.44. The number of hydrogen-bond acceptors (Lipinski definition) is 4. The van der Waals surface area contributed by atoms with Crippen molar-refractivity contribution in [3.05, 3.63) is 0 Å². The number of ether oxygens (including phenoxy) is 1. The van der Waals surface area contributed by atoms with Gasteiger partial charge in [-0.15, -0.1) is 0 Å². The summed E-state index contributed by atoms with van der Waals surface area (Å²) in [6.45, 7) is 10.2. The summed E-state index contributed by atoms with van der Waals surface area (Å²) in [5, 5.41) is 31.8. The number of aliphatic hydroxyl groups is 3. The number of rotatable bonds is 4. The minimum Gasteiger partial charge on any atom is -0.390 e. The van der Waals surface area contributed by atoms with Crippen molar-refractivity contribution in [3.8, 4) is 0 Å². The largest absolute Gasteiger partial charge is 0.390 e. The Hall–Kier alpha value is -0.160. The van der Waals surface area contributed by atoms with E-state index in [1.165, 1.54) is 0 Å². The molecule has 22 heavy (non-hydrogen) atoms. The maximum Gasteiger partial charge on any atom is 0.157 e. The highest BCUT2D eigenvalue weighted by Crippen LogP contribution is 2.51. The average molecular weight is 314 g/mol. The molecular formula is C18H34O4. The van der Waals surface area contributed by atoms with Crippen LogP contribution >= 0.6 is 0 Å². The Bertz CT molecular complexity index is 396. The highest BCUT2D eigenvalue weighted by molar-refractivity contribution is 5.07. The standard InChI is InChI=1S/C18H34O4/c1-13(9-15(2,3)4)14(19)22-18-8-6-7-17(21,12-18)10-16(5,20)11-18/h13-14,19-21H,6-12H2,1-5H3. The second-order valence-corrected chi connectivity index (χ2v) is 9.54. The molecule has 0 amide bonds. The molecular weight excluding hydrogens is 280 g/mol. The van der Waals surface area contributed by atoms with E-state index in [1.807, 2.05) is 6.92 Å². The van der Waals surface area contributed by atoms with Gasteiger partial charge in [-0.1, -0.05) is 27.7 Å². The van der Waals surface area contributed by atoms with E-state index in [2.05, 4.69) is 20.8 Å². The van der Waals surface area contributed by atoms with E-state index in [4.69, 9.17) is 4.74 Å². The first-order valence-electron chi connectivity index (χ1n) is 8.65. The van der Waals surface area contributed by atoms with Crippen molar-refractivity contribution in [3.63, 3.8) is 0 Å². The summed E-state index contributed by atoms with van der Waals surface area (Å²) in [6.07, 6.45) is 3.82. The molecule has 0 saturated heterocycles. The zero-order valence-electron chi connectivity index (χ0n) is 14.9. The molecule has 4 heteroatoms. The van der Waals surface area contributed by atoms with Gasteiger partial charge in [0.1, 0.15) is 0 Å². The van der Waals surface area contributed by atoms with Crippen LogP contribution in [0, 0.1) is 11.3 Å². The first-order chi connectivity index (χ1) is 9.84. The third-order valence-corrected chi connectivity index (χ3v) is 5.13. The lowest BCUT2D eigenvalue weighted by Gasteiger charge is -2.55. The first kappa shape index (κ1) is 18.2. The molecule has 2 aliphatic rings. The highest BCUT2D eigenvalue weighted by atomic mass is 16.6. The number of fused-ring (bicyclic) bond motifs is 2. The van der Waals surface area contributed by atoms with Crippen LogP contribution in [0.3, 0.4) is 0 Å². The lowest BCUT2D eigenvalue weighted by atomic mass is 9.61. The van der Waals surface area contributed by atoms with E-state index in [9.17, 15) is 15.3 Å². The zero-order valence-corrected chi connectivity index (χ0v) is 14.9. The van der Waals surface area contributed by atoms with Crippen LogP contribution in [0.2, 0.25) is 0 Å². The summed E-state index contributed by atoms with van der Waals surface area (Å²) in [5.74, 6) is 0.0243. The second-order valence-electron chi connectivity index (χ2n) is 9.54. The van der Waals surface area contributed by atoms with Gasteiger partial charge in [0.25, 0.3) is 0 Å². The Morgan fingerprint density at radius 2 is 1.73 bits per heavy atom. The van der Waals surface area contributed by atoms with Crippen molar-refractivity contribution < 1.29 is 20.1 Å². The summed E-state index contributed by atoms with van der Waals surface area (Å²) >= 11 is 0. The molecule has 130 valence electrons. The normalized spacial score (nSPS) is 42.0. The summed E-state index contributed by atoms with van der Waals surface area (Å²) in [6, 6.07) is 0. The molecule has 4 nitrogen and oxygen atoms in total. The van der Waals surface area contributed by atoms with Crippen LogP contribution in [0.15, 0.2) is 0 Å². The van der Waals surface area contributed by atoms with Crippen molar-refractivity contribution in [2.45, 2.75) is 103 Å². The summed E-state index contributed by atoms with van der Waals surface area (Å²) < 4.78 is 6.09. The highest BCUT2D eigenvalue weighted by Gasteiger charge is 2.55. The molecule has 0 radical (unpaired) electrons. The van der Waals surface area contributed by atoms with E-state index in [0.717, 1.165) is 19.3 Å². The second kappa shape index (κ2) is 5.73. The fourth-order valence-corrected chi connectivity index (χ4v) is 4.86. The molecule has 0 aromatic rings. The summed E-state index contributed by atoms with van der Waals surface area (Å²) in [7, 11) is 0. The van der Waals surface area contributed by atoms with E-state index >= 15 is 0 Å². The molecule has 2 aliphatic carbocycles. The van der Waals surface area contributed by atoms with Gasteiger partial charge in [0.2, 0.25) is 0 Å².